The average Bonchev–Trinajstić information content (AvgIpc) is 3.24. The number of hydrogen-bond donors (Lipinski definition) is 2. The summed E-state index contributed by atoms with van der Waals surface area (Å²) in [5, 5.41) is 6.38. The van der Waals surface area contributed by atoms with E-state index in [4.69, 9.17) is 11.5 Å². The molecule has 0 bridgehead atoms. The van der Waals surface area contributed by atoms with Gasteiger partial charge in [0.2, 0.25) is 0 Å². The highest BCUT2D eigenvalue weighted by molar-refractivity contribution is 6.02. The minimum absolute atomic E-state index is 0.315. The first-order valence-corrected chi connectivity index (χ1v) is 9.40. The molecule has 0 radical (unpaired) electrons. The fraction of sp³-hybridized carbons (Fsp3) is 0.350. The van der Waals surface area contributed by atoms with E-state index in [0.717, 1.165) is 58.7 Å². The molecule has 1 saturated carbocycles. The van der Waals surface area contributed by atoms with Gasteiger partial charge in [-0.05, 0) is 43.4 Å². The molecule has 138 valence electrons. The first-order valence-electron chi connectivity index (χ1n) is 9.40. The van der Waals surface area contributed by atoms with E-state index in [1.807, 2.05) is 17.9 Å². The highest BCUT2D eigenvalue weighted by Crippen LogP contribution is 2.38. The maximum Gasteiger partial charge on any atom is 0.146 e. The number of fused-ring (bicyclic) bond motifs is 2. The lowest BCUT2D eigenvalue weighted by Gasteiger charge is -2.27. The highest BCUT2D eigenvalue weighted by atomic mass is 15.2. The lowest BCUT2D eigenvalue weighted by atomic mass is 9.92. The summed E-state index contributed by atoms with van der Waals surface area (Å²) in [6.07, 6.45) is 9.85. The Hall–Kier alpha value is -2.93. The molecule has 1 fully saturated rings. The Kier molecular flexibility index (Phi) is 3.65. The van der Waals surface area contributed by atoms with Gasteiger partial charge in [0.15, 0.2) is 0 Å². The van der Waals surface area contributed by atoms with Crippen molar-refractivity contribution in [3.63, 3.8) is 0 Å². The largest absolute Gasteiger partial charge is 0.383 e. The Morgan fingerprint density at radius 3 is 2.74 bits per heavy atom. The van der Waals surface area contributed by atoms with E-state index in [1.165, 1.54) is 0 Å². The molecule has 27 heavy (non-hydrogen) atoms. The summed E-state index contributed by atoms with van der Waals surface area (Å²) < 4.78 is 4.16. The van der Waals surface area contributed by atoms with E-state index in [2.05, 4.69) is 44.0 Å². The Morgan fingerprint density at radius 1 is 1.11 bits per heavy atom. The number of aryl methyl sites for hydroxylation is 1. The van der Waals surface area contributed by atoms with Crippen LogP contribution in [0.4, 0.5) is 5.82 Å². The van der Waals surface area contributed by atoms with Crippen molar-refractivity contribution in [2.75, 3.05) is 5.73 Å². The fourth-order valence-electron chi connectivity index (χ4n) is 4.32. The van der Waals surface area contributed by atoms with Gasteiger partial charge in [0, 0.05) is 36.3 Å². The van der Waals surface area contributed by atoms with E-state index >= 15 is 0 Å². The van der Waals surface area contributed by atoms with Crippen LogP contribution in [0.5, 0.6) is 0 Å². The molecule has 0 amide bonds. The molecule has 4 N–H and O–H groups in total. The Labute approximate surface area is 157 Å². The molecular formula is C20H23N7. The van der Waals surface area contributed by atoms with Crippen molar-refractivity contribution < 1.29 is 0 Å². The Balaban J connectivity index is 1.69. The van der Waals surface area contributed by atoms with E-state index < -0.39 is 0 Å². The van der Waals surface area contributed by atoms with Crippen LogP contribution in [0.1, 0.15) is 31.7 Å². The third-order valence-corrected chi connectivity index (χ3v) is 5.83. The van der Waals surface area contributed by atoms with Gasteiger partial charge in [0.1, 0.15) is 17.8 Å². The Bertz CT molecular complexity index is 1130. The maximum absolute atomic E-state index is 6.28. The molecule has 4 aromatic rings. The van der Waals surface area contributed by atoms with E-state index in [0.29, 0.717) is 17.9 Å². The SMILES string of the molecule is Cn1ncc2cc(-c3cn(C4CCC(N)CC4)c4ncnc(N)c34)ccc21. The minimum atomic E-state index is 0.315. The topological polar surface area (TPSA) is 101 Å². The summed E-state index contributed by atoms with van der Waals surface area (Å²) in [6, 6.07) is 7.09. The third kappa shape index (κ3) is 2.57. The molecule has 7 heteroatoms. The van der Waals surface area contributed by atoms with E-state index in [9.17, 15) is 0 Å². The number of aromatic nitrogens is 5. The van der Waals surface area contributed by atoms with Crippen LogP contribution < -0.4 is 11.5 Å². The third-order valence-electron chi connectivity index (χ3n) is 5.83. The van der Waals surface area contributed by atoms with Gasteiger partial charge in [-0.2, -0.15) is 5.10 Å². The summed E-state index contributed by atoms with van der Waals surface area (Å²) in [5.41, 5.74) is 16.6. The van der Waals surface area contributed by atoms with Gasteiger partial charge in [-0.15, -0.1) is 0 Å². The predicted octanol–water partition coefficient (Wildman–Crippen LogP) is 3.01. The molecule has 1 aliphatic rings. The number of nitrogens with zero attached hydrogens (tertiary/aromatic N) is 5. The second-order valence-electron chi connectivity index (χ2n) is 7.52. The number of nitrogens with two attached hydrogens (primary N) is 2. The summed E-state index contributed by atoms with van der Waals surface area (Å²) in [7, 11) is 1.95. The highest BCUT2D eigenvalue weighted by Gasteiger charge is 2.24. The van der Waals surface area contributed by atoms with Crippen molar-refractivity contribution in [2.45, 2.75) is 37.8 Å². The summed E-state index contributed by atoms with van der Waals surface area (Å²) in [5.74, 6) is 0.521. The first-order chi connectivity index (χ1) is 13.1. The standard InChI is InChI=1S/C20H23N7/c1-26-17-7-2-12(8-13(17)9-25-26)16-10-27(15-5-3-14(21)4-6-15)20-18(16)19(22)23-11-24-20/h2,7-11,14-15H,3-6,21H2,1H3,(H2,22,23,24). The van der Waals surface area contributed by atoms with Crippen LogP contribution in [0.15, 0.2) is 36.9 Å². The molecule has 5 rings (SSSR count). The van der Waals surface area contributed by atoms with Gasteiger partial charge in [0.25, 0.3) is 0 Å². The van der Waals surface area contributed by atoms with Gasteiger partial charge in [-0.1, -0.05) is 6.07 Å². The van der Waals surface area contributed by atoms with Crippen molar-refractivity contribution >= 4 is 27.8 Å². The quantitative estimate of drug-likeness (QED) is 0.571. The van der Waals surface area contributed by atoms with Crippen LogP contribution in [-0.4, -0.2) is 30.4 Å². The van der Waals surface area contributed by atoms with Crippen molar-refractivity contribution in [2.24, 2.45) is 12.8 Å². The second kappa shape index (κ2) is 6.06. The smallest absolute Gasteiger partial charge is 0.146 e. The zero-order valence-electron chi connectivity index (χ0n) is 15.3. The number of benzene rings is 1. The van der Waals surface area contributed by atoms with E-state index in [-0.39, 0.29) is 0 Å². The van der Waals surface area contributed by atoms with Gasteiger partial charge in [-0.25, -0.2) is 9.97 Å². The summed E-state index contributed by atoms with van der Waals surface area (Å²) in [6.45, 7) is 0. The molecule has 0 spiro atoms. The van der Waals surface area contributed by atoms with Crippen LogP contribution in [-0.2, 0) is 7.05 Å². The van der Waals surface area contributed by atoms with Crippen molar-refractivity contribution in [1.82, 2.24) is 24.3 Å². The van der Waals surface area contributed by atoms with Crippen molar-refractivity contribution in [3.05, 3.63) is 36.9 Å². The monoisotopic (exact) mass is 361 g/mol. The van der Waals surface area contributed by atoms with Crippen LogP contribution in [0.3, 0.4) is 0 Å². The van der Waals surface area contributed by atoms with Crippen LogP contribution in [0.2, 0.25) is 0 Å². The molecule has 1 aromatic carbocycles. The molecule has 1 aliphatic carbocycles. The van der Waals surface area contributed by atoms with Crippen molar-refractivity contribution in [3.8, 4) is 11.1 Å². The van der Waals surface area contributed by atoms with Gasteiger partial charge in [-0.3, -0.25) is 4.68 Å². The van der Waals surface area contributed by atoms with Crippen LogP contribution in [0.25, 0.3) is 33.1 Å². The molecule has 0 unspecified atom stereocenters. The number of anilines is 1. The normalized spacial score (nSPS) is 20.5. The van der Waals surface area contributed by atoms with Crippen LogP contribution in [0, 0.1) is 0 Å². The minimum Gasteiger partial charge on any atom is -0.383 e. The number of nitrogen functional groups attached to an aromatic ring is 1. The van der Waals surface area contributed by atoms with Gasteiger partial charge < -0.3 is 16.0 Å². The number of hydrogen-bond acceptors (Lipinski definition) is 5. The molecule has 7 nitrogen and oxygen atoms in total. The van der Waals surface area contributed by atoms with Gasteiger partial charge >= 0.3 is 0 Å². The average molecular weight is 361 g/mol. The number of rotatable bonds is 2. The zero-order valence-corrected chi connectivity index (χ0v) is 15.3. The molecule has 0 saturated heterocycles. The Morgan fingerprint density at radius 2 is 1.93 bits per heavy atom. The summed E-state index contributed by atoms with van der Waals surface area (Å²) >= 11 is 0. The molecule has 0 aliphatic heterocycles. The van der Waals surface area contributed by atoms with E-state index in [1.54, 1.807) is 6.33 Å². The van der Waals surface area contributed by atoms with Crippen molar-refractivity contribution in [1.29, 1.82) is 0 Å². The lowest BCUT2D eigenvalue weighted by molar-refractivity contribution is 0.329. The summed E-state index contributed by atoms with van der Waals surface area (Å²) in [4.78, 5) is 8.82. The molecule has 0 atom stereocenters. The fourth-order valence-corrected chi connectivity index (χ4v) is 4.32. The molecule has 3 heterocycles. The molecular weight excluding hydrogens is 338 g/mol. The lowest BCUT2D eigenvalue weighted by Crippen LogP contribution is -2.27. The predicted molar refractivity (Wildman–Crippen MR) is 107 cm³/mol. The zero-order chi connectivity index (χ0) is 18.5. The van der Waals surface area contributed by atoms with Gasteiger partial charge in [0.05, 0.1) is 17.1 Å². The molecule has 3 aromatic heterocycles. The maximum atomic E-state index is 6.28. The second-order valence-corrected chi connectivity index (χ2v) is 7.52. The first kappa shape index (κ1) is 16.3. The van der Waals surface area contributed by atoms with Crippen LogP contribution >= 0.6 is 0 Å².